The molecule has 1 N–H and O–H groups in total. The first kappa shape index (κ1) is 19.5. The first-order valence-electron chi connectivity index (χ1n) is 8.38. The highest BCUT2D eigenvalue weighted by atomic mass is 19.1. The number of phenols is 1. The summed E-state index contributed by atoms with van der Waals surface area (Å²) >= 11 is 0. The van der Waals surface area contributed by atoms with Gasteiger partial charge in [0, 0.05) is 12.8 Å². The number of benzene rings is 1. The molecule has 28 heavy (non-hydrogen) atoms. The van der Waals surface area contributed by atoms with E-state index in [1.165, 1.54) is 32.9 Å². The van der Waals surface area contributed by atoms with Gasteiger partial charge >= 0.3 is 6.09 Å². The minimum absolute atomic E-state index is 0.0296. The quantitative estimate of drug-likeness (QED) is 0.571. The molecule has 9 nitrogen and oxygen atoms in total. The Morgan fingerprint density at radius 3 is 2.39 bits per heavy atom. The third kappa shape index (κ3) is 2.81. The number of alkyl halides is 1. The molecule has 1 aromatic carbocycles. The second-order valence-electron chi connectivity index (χ2n) is 7.42. The molecule has 0 radical (unpaired) electrons. The van der Waals surface area contributed by atoms with Crippen LogP contribution in [0.2, 0.25) is 0 Å². The number of hydrogen-bond donors (Lipinski definition) is 1. The highest BCUT2D eigenvalue weighted by Crippen LogP contribution is 2.40. The number of piperidine rings is 1. The first-order chi connectivity index (χ1) is 12.9. The van der Waals surface area contributed by atoms with E-state index in [4.69, 9.17) is 4.74 Å². The summed E-state index contributed by atoms with van der Waals surface area (Å²) in [6, 6.07) is 3.62. The van der Waals surface area contributed by atoms with E-state index in [0.717, 1.165) is 6.07 Å². The van der Waals surface area contributed by atoms with E-state index in [0.29, 0.717) is 0 Å². The highest BCUT2D eigenvalue weighted by Gasteiger charge is 2.61. The molecular weight excluding hydrogens is 375 g/mol. The van der Waals surface area contributed by atoms with Crippen molar-refractivity contribution in [1.82, 2.24) is 9.80 Å². The summed E-state index contributed by atoms with van der Waals surface area (Å²) in [5.74, 6) is -8.90. The molecule has 148 valence electrons. The number of aromatic hydroxyl groups is 1. The lowest BCUT2D eigenvalue weighted by molar-refractivity contribution is -0.165. The maximum Gasteiger partial charge on any atom is 0.424 e. The van der Waals surface area contributed by atoms with E-state index in [9.17, 15) is 29.1 Å². The van der Waals surface area contributed by atoms with E-state index >= 15 is 4.39 Å². The lowest BCUT2D eigenvalue weighted by Gasteiger charge is -2.38. The number of amides is 5. The van der Waals surface area contributed by atoms with Gasteiger partial charge in [0.15, 0.2) is 0 Å². The Bertz CT molecular complexity index is 936. The SMILES string of the molecule is CC(C)(C)OC(=O)N1C(=O)CCC(F)(N2C(=O)c3cccc(O)c3C2=O)C1=O. The average molecular weight is 392 g/mol. The molecule has 1 aromatic rings. The van der Waals surface area contributed by atoms with Crippen molar-refractivity contribution in [3.63, 3.8) is 0 Å². The van der Waals surface area contributed by atoms with Crippen LogP contribution in [-0.2, 0) is 14.3 Å². The molecule has 0 aliphatic carbocycles. The minimum Gasteiger partial charge on any atom is -0.507 e. The number of fused-ring (bicyclic) bond motifs is 1. The molecule has 1 unspecified atom stereocenters. The Labute approximate surface area is 158 Å². The van der Waals surface area contributed by atoms with Gasteiger partial charge in [-0.05, 0) is 32.9 Å². The number of ether oxygens (including phenoxy) is 1. The van der Waals surface area contributed by atoms with Crippen LogP contribution in [0.15, 0.2) is 18.2 Å². The zero-order chi connectivity index (χ0) is 21.0. The number of phenolic OH excluding ortho intramolecular Hbond substituents is 1. The van der Waals surface area contributed by atoms with Crippen molar-refractivity contribution in [3.05, 3.63) is 29.3 Å². The number of hydrogen-bond acceptors (Lipinski definition) is 7. The van der Waals surface area contributed by atoms with Crippen LogP contribution < -0.4 is 0 Å². The fourth-order valence-electron chi connectivity index (χ4n) is 3.07. The second-order valence-corrected chi connectivity index (χ2v) is 7.42. The van der Waals surface area contributed by atoms with Crippen molar-refractivity contribution in [2.45, 2.75) is 45.0 Å². The molecule has 5 amide bonds. The minimum atomic E-state index is -3.27. The molecule has 2 aliphatic rings. The van der Waals surface area contributed by atoms with Crippen LogP contribution in [0.3, 0.4) is 0 Å². The standard InChI is InChI=1S/C18H17FN2O7/c1-17(2,3)28-16(27)20-11(23)7-8-18(19,15(20)26)21-13(24)9-5-4-6-10(22)12(9)14(21)25/h4-6,22H,7-8H2,1-3H3. The van der Waals surface area contributed by atoms with Gasteiger partial charge in [-0.3, -0.25) is 19.2 Å². The van der Waals surface area contributed by atoms with E-state index in [-0.39, 0.29) is 15.4 Å². The van der Waals surface area contributed by atoms with Gasteiger partial charge in [0.05, 0.1) is 11.1 Å². The number of rotatable bonds is 1. The summed E-state index contributed by atoms with van der Waals surface area (Å²) in [6.07, 6.45) is -2.82. The molecule has 10 heteroatoms. The van der Waals surface area contributed by atoms with Crippen LogP contribution in [0.1, 0.15) is 54.3 Å². The van der Waals surface area contributed by atoms with Crippen LogP contribution in [0, 0.1) is 0 Å². The molecule has 1 saturated heterocycles. The van der Waals surface area contributed by atoms with E-state index in [1.54, 1.807) is 0 Å². The molecule has 2 heterocycles. The molecule has 1 fully saturated rings. The van der Waals surface area contributed by atoms with Gasteiger partial charge in [0.25, 0.3) is 23.5 Å². The molecule has 0 saturated carbocycles. The Balaban J connectivity index is 2.00. The number of imide groups is 4. The summed E-state index contributed by atoms with van der Waals surface area (Å²) in [6.45, 7) is 4.46. The van der Waals surface area contributed by atoms with Crippen LogP contribution >= 0.6 is 0 Å². The maximum atomic E-state index is 15.7. The van der Waals surface area contributed by atoms with E-state index in [1.807, 2.05) is 0 Å². The van der Waals surface area contributed by atoms with Crippen molar-refractivity contribution in [2.75, 3.05) is 0 Å². The zero-order valence-corrected chi connectivity index (χ0v) is 15.3. The molecule has 1 atom stereocenters. The number of halogens is 1. The predicted octanol–water partition coefficient (Wildman–Crippen LogP) is 1.74. The van der Waals surface area contributed by atoms with Gasteiger partial charge in [0.2, 0.25) is 5.91 Å². The Kier molecular flexibility index (Phi) is 4.25. The molecule has 0 spiro atoms. The summed E-state index contributed by atoms with van der Waals surface area (Å²) in [5, 5.41) is 9.85. The third-order valence-corrected chi connectivity index (χ3v) is 4.27. The van der Waals surface area contributed by atoms with Crippen molar-refractivity contribution in [1.29, 1.82) is 0 Å². The topological polar surface area (TPSA) is 121 Å². The van der Waals surface area contributed by atoms with Crippen LogP contribution in [0.4, 0.5) is 9.18 Å². The van der Waals surface area contributed by atoms with Crippen molar-refractivity contribution in [3.8, 4) is 5.75 Å². The zero-order valence-electron chi connectivity index (χ0n) is 15.3. The van der Waals surface area contributed by atoms with Crippen molar-refractivity contribution >= 4 is 29.7 Å². The van der Waals surface area contributed by atoms with Crippen molar-refractivity contribution in [2.24, 2.45) is 0 Å². The molecule has 0 bridgehead atoms. The van der Waals surface area contributed by atoms with Crippen LogP contribution in [0.5, 0.6) is 5.75 Å². The van der Waals surface area contributed by atoms with Gasteiger partial charge < -0.3 is 9.84 Å². The lowest BCUT2D eigenvalue weighted by atomic mass is 9.99. The smallest absolute Gasteiger partial charge is 0.424 e. The largest absolute Gasteiger partial charge is 0.507 e. The Morgan fingerprint density at radius 1 is 1.18 bits per heavy atom. The van der Waals surface area contributed by atoms with Gasteiger partial charge in [-0.15, -0.1) is 0 Å². The normalized spacial score (nSPS) is 22.6. The fourth-order valence-corrected chi connectivity index (χ4v) is 3.07. The van der Waals surface area contributed by atoms with Crippen molar-refractivity contribution < 1.29 is 38.2 Å². The summed E-state index contributed by atoms with van der Waals surface area (Å²) in [4.78, 5) is 62.2. The van der Waals surface area contributed by atoms with Gasteiger partial charge in [-0.2, -0.15) is 4.90 Å². The summed E-state index contributed by atoms with van der Waals surface area (Å²) < 4.78 is 20.7. The second kappa shape index (κ2) is 6.11. The molecular formula is C18H17FN2O7. The van der Waals surface area contributed by atoms with Crippen LogP contribution in [0.25, 0.3) is 0 Å². The average Bonchev–Trinajstić information content (AvgIpc) is 2.83. The summed E-state index contributed by atoms with van der Waals surface area (Å²) in [7, 11) is 0. The number of likely N-dealkylation sites (tertiary alicyclic amines) is 1. The Morgan fingerprint density at radius 2 is 1.82 bits per heavy atom. The summed E-state index contributed by atoms with van der Waals surface area (Å²) in [5.41, 5.74) is -1.80. The number of carbonyl (C=O) groups is 5. The fraction of sp³-hybridized carbons (Fsp3) is 0.389. The van der Waals surface area contributed by atoms with E-state index < -0.39 is 65.3 Å². The van der Waals surface area contributed by atoms with Gasteiger partial charge in [0.1, 0.15) is 11.4 Å². The highest BCUT2D eigenvalue weighted by molar-refractivity contribution is 6.26. The van der Waals surface area contributed by atoms with Gasteiger partial charge in [-0.1, -0.05) is 6.07 Å². The molecule has 3 rings (SSSR count). The first-order valence-corrected chi connectivity index (χ1v) is 8.38. The number of nitrogens with zero attached hydrogens (tertiary/aromatic N) is 2. The molecule has 2 aliphatic heterocycles. The lowest BCUT2D eigenvalue weighted by Crippen LogP contribution is -2.64. The van der Waals surface area contributed by atoms with Gasteiger partial charge in [-0.25, -0.2) is 14.1 Å². The predicted molar refractivity (Wildman–Crippen MR) is 89.8 cm³/mol. The van der Waals surface area contributed by atoms with E-state index in [2.05, 4.69) is 0 Å². The number of carbonyl (C=O) groups excluding carboxylic acids is 5. The third-order valence-electron chi connectivity index (χ3n) is 4.27. The van der Waals surface area contributed by atoms with Crippen LogP contribution in [-0.4, -0.2) is 56.0 Å². The molecule has 0 aromatic heterocycles. The maximum absolute atomic E-state index is 15.7. The monoisotopic (exact) mass is 392 g/mol. The Hall–Kier alpha value is -3.30.